The predicted octanol–water partition coefficient (Wildman–Crippen LogP) is 1.65. The van der Waals surface area contributed by atoms with E-state index in [1.165, 1.54) is 4.68 Å². The number of piperidine rings is 1. The van der Waals surface area contributed by atoms with Crippen molar-refractivity contribution in [2.24, 2.45) is 5.92 Å². The molecule has 1 N–H and O–H groups in total. The fourth-order valence-corrected chi connectivity index (χ4v) is 2.90. The summed E-state index contributed by atoms with van der Waals surface area (Å²) in [6.07, 6.45) is 2.82. The van der Waals surface area contributed by atoms with Gasteiger partial charge in [0, 0.05) is 13.1 Å². The molecule has 0 spiro atoms. The summed E-state index contributed by atoms with van der Waals surface area (Å²) < 4.78 is 7.29. The van der Waals surface area contributed by atoms with Crippen LogP contribution in [0.4, 0.5) is 0 Å². The predicted molar refractivity (Wildman–Crippen MR) is 91.9 cm³/mol. The van der Waals surface area contributed by atoms with Crippen LogP contribution < -0.4 is 4.74 Å². The number of aliphatic hydroxyl groups excluding tert-OH is 1. The molecule has 1 aliphatic heterocycles. The lowest BCUT2D eigenvalue weighted by Gasteiger charge is -2.31. The number of nitrogens with zero attached hydrogens (tertiary/aromatic N) is 4. The van der Waals surface area contributed by atoms with Gasteiger partial charge < -0.3 is 14.7 Å². The van der Waals surface area contributed by atoms with Crippen LogP contribution in [0.1, 0.15) is 31.6 Å². The van der Waals surface area contributed by atoms with Gasteiger partial charge >= 0.3 is 0 Å². The van der Waals surface area contributed by atoms with Crippen LogP contribution >= 0.6 is 0 Å². The summed E-state index contributed by atoms with van der Waals surface area (Å²) in [4.78, 5) is 14.2. The van der Waals surface area contributed by atoms with E-state index in [9.17, 15) is 9.90 Å². The summed E-state index contributed by atoms with van der Waals surface area (Å²) in [5.74, 6) is 1.39. The van der Waals surface area contributed by atoms with E-state index in [0.717, 1.165) is 31.7 Å². The summed E-state index contributed by atoms with van der Waals surface area (Å²) in [5.41, 5.74) is 0.476. The number of carbonyl (C=O) groups is 1. The molecule has 25 heavy (non-hydrogen) atoms. The molecule has 0 unspecified atom stereocenters. The quantitative estimate of drug-likeness (QED) is 0.862. The molecule has 2 aromatic rings. The molecule has 0 saturated carbocycles. The second kappa shape index (κ2) is 8.11. The van der Waals surface area contributed by atoms with Crippen LogP contribution in [0.5, 0.6) is 5.75 Å². The van der Waals surface area contributed by atoms with Gasteiger partial charge in [0.1, 0.15) is 18.0 Å². The normalized spacial score (nSPS) is 16.6. The molecule has 1 aromatic heterocycles. The molecule has 2 heterocycles. The lowest BCUT2D eigenvalue weighted by atomic mass is 9.98. The second-order valence-corrected chi connectivity index (χ2v) is 6.47. The van der Waals surface area contributed by atoms with E-state index >= 15 is 0 Å². The van der Waals surface area contributed by atoms with Gasteiger partial charge in [-0.2, -0.15) is 0 Å². The number of aliphatic hydroxyl groups is 1. The topological polar surface area (TPSA) is 80.5 Å². The van der Waals surface area contributed by atoms with Crippen molar-refractivity contribution in [3.63, 3.8) is 0 Å². The summed E-state index contributed by atoms with van der Waals surface area (Å²) in [6.45, 7) is 3.94. The van der Waals surface area contributed by atoms with Crippen LogP contribution in [0, 0.1) is 5.92 Å². The van der Waals surface area contributed by atoms with Crippen molar-refractivity contribution in [2.75, 3.05) is 19.7 Å². The Morgan fingerprint density at radius 1 is 1.32 bits per heavy atom. The van der Waals surface area contributed by atoms with Crippen molar-refractivity contribution in [1.29, 1.82) is 0 Å². The minimum Gasteiger partial charge on any atom is -0.493 e. The SMILES string of the molecule is C[C@H](O)c1cn(CC(=O)N2CCC(COc3ccccc3)CC2)nn1. The number of hydrogen-bond acceptors (Lipinski definition) is 5. The fraction of sp³-hybridized carbons (Fsp3) is 0.500. The zero-order valence-corrected chi connectivity index (χ0v) is 14.4. The molecule has 1 aliphatic rings. The Morgan fingerprint density at radius 2 is 2.04 bits per heavy atom. The monoisotopic (exact) mass is 344 g/mol. The average Bonchev–Trinajstić information content (AvgIpc) is 3.10. The van der Waals surface area contributed by atoms with E-state index in [0.29, 0.717) is 18.2 Å². The van der Waals surface area contributed by atoms with Gasteiger partial charge in [-0.1, -0.05) is 23.4 Å². The highest BCUT2D eigenvalue weighted by Gasteiger charge is 2.23. The lowest BCUT2D eigenvalue weighted by molar-refractivity contribution is -0.133. The molecule has 1 saturated heterocycles. The molecule has 1 aromatic carbocycles. The van der Waals surface area contributed by atoms with Crippen molar-refractivity contribution in [2.45, 2.75) is 32.4 Å². The van der Waals surface area contributed by atoms with E-state index in [4.69, 9.17) is 4.74 Å². The Kier molecular flexibility index (Phi) is 5.65. The third kappa shape index (κ3) is 4.79. The van der Waals surface area contributed by atoms with E-state index in [1.807, 2.05) is 35.2 Å². The van der Waals surface area contributed by atoms with Crippen LogP contribution in [-0.2, 0) is 11.3 Å². The van der Waals surface area contributed by atoms with Gasteiger partial charge in [-0.25, -0.2) is 4.68 Å². The minimum atomic E-state index is -0.677. The number of rotatable bonds is 6. The van der Waals surface area contributed by atoms with E-state index in [2.05, 4.69) is 10.3 Å². The summed E-state index contributed by atoms with van der Waals surface area (Å²) in [6, 6.07) is 9.81. The van der Waals surface area contributed by atoms with E-state index in [-0.39, 0.29) is 12.5 Å². The summed E-state index contributed by atoms with van der Waals surface area (Å²) in [5, 5.41) is 17.2. The van der Waals surface area contributed by atoms with Crippen LogP contribution in [-0.4, -0.2) is 50.6 Å². The van der Waals surface area contributed by atoms with Gasteiger partial charge in [0.15, 0.2) is 0 Å². The Balaban J connectivity index is 1.42. The standard InChI is InChI=1S/C18H24N4O3/c1-14(23)17-11-22(20-19-17)12-18(24)21-9-7-15(8-10-21)13-25-16-5-3-2-4-6-16/h2-6,11,14-15,23H,7-10,12-13H2,1H3/t14-/m0/s1. The van der Waals surface area contributed by atoms with Gasteiger partial charge in [0.2, 0.25) is 5.91 Å². The van der Waals surface area contributed by atoms with Crippen molar-refractivity contribution in [1.82, 2.24) is 19.9 Å². The van der Waals surface area contributed by atoms with Gasteiger partial charge in [0.25, 0.3) is 0 Å². The first kappa shape index (κ1) is 17.4. The van der Waals surface area contributed by atoms with Crippen molar-refractivity contribution in [3.05, 3.63) is 42.2 Å². The molecular formula is C18H24N4O3. The van der Waals surface area contributed by atoms with Crippen LogP contribution in [0.25, 0.3) is 0 Å². The highest BCUT2D eigenvalue weighted by Crippen LogP contribution is 2.19. The maximum Gasteiger partial charge on any atom is 0.244 e. The molecule has 7 nitrogen and oxygen atoms in total. The molecule has 3 rings (SSSR count). The highest BCUT2D eigenvalue weighted by atomic mass is 16.5. The van der Waals surface area contributed by atoms with Crippen molar-refractivity contribution in [3.8, 4) is 5.75 Å². The number of hydrogen-bond donors (Lipinski definition) is 1. The highest BCUT2D eigenvalue weighted by molar-refractivity contribution is 5.75. The largest absolute Gasteiger partial charge is 0.493 e. The number of ether oxygens (including phenoxy) is 1. The van der Waals surface area contributed by atoms with Crippen molar-refractivity contribution < 1.29 is 14.6 Å². The van der Waals surface area contributed by atoms with E-state index < -0.39 is 6.10 Å². The molecule has 0 aliphatic carbocycles. The number of aromatic nitrogens is 3. The van der Waals surface area contributed by atoms with Crippen LogP contribution in [0.2, 0.25) is 0 Å². The smallest absolute Gasteiger partial charge is 0.244 e. The first-order valence-electron chi connectivity index (χ1n) is 8.65. The molecule has 0 bridgehead atoms. The Hall–Kier alpha value is -2.41. The summed E-state index contributed by atoms with van der Waals surface area (Å²) >= 11 is 0. The first-order valence-corrected chi connectivity index (χ1v) is 8.65. The Bertz CT molecular complexity index is 679. The maximum atomic E-state index is 12.4. The third-order valence-corrected chi connectivity index (χ3v) is 4.48. The Labute approximate surface area is 147 Å². The second-order valence-electron chi connectivity index (χ2n) is 6.47. The minimum absolute atomic E-state index is 0.0319. The zero-order chi connectivity index (χ0) is 17.6. The third-order valence-electron chi connectivity index (χ3n) is 4.48. The molecule has 1 fully saturated rings. The zero-order valence-electron chi connectivity index (χ0n) is 14.4. The maximum absolute atomic E-state index is 12.4. The van der Waals surface area contributed by atoms with Crippen LogP contribution in [0.3, 0.4) is 0 Å². The Morgan fingerprint density at radius 3 is 2.68 bits per heavy atom. The molecule has 1 atom stereocenters. The molecular weight excluding hydrogens is 320 g/mol. The summed E-state index contributed by atoms with van der Waals surface area (Å²) in [7, 11) is 0. The van der Waals surface area contributed by atoms with Gasteiger partial charge in [-0.15, -0.1) is 5.10 Å². The number of benzene rings is 1. The molecule has 0 radical (unpaired) electrons. The van der Waals surface area contributed by atoms with Gasteiger partial charge in [0.05, 0.1) is 18.9 Å². The fourth-order valence-electron chi connectivity index (χ4n) is 2.90. The first-order chi connectivity index (χ1) is 12.1. The van der Waals surface area contributed by atoms with Crippen molar-refractivity contribution >= 4 is 5.91 Å². The number of amides is 1. The number of likely N-dealkylation sites (tertiary alicyclic amines) is 1. The van der Waals surface area contributed by atoms with Gasteiger partial charge in [-0.05, 0) is 37.8 Å². The molecule has 1 amide bonds. The molecule has 134 valence electrons. The lowest BCUT2D eigenvalue weighted by Crippen LogP contribution is -2.41. The number of carbonyl (C=O) groups excluding carboxylic acids is 1. The average molecular weight is 344 g/mol. The molecule has 7 heteroatoms. The number of para-hydroxylation sites is 1. The van der Waals surface area contributed by atoms with Crippen LogP contribution in [0.15, 0.2) is 36.5 Å². The van der Waals surface area contributed by atoms with Gasteiger partial charge in [-0.3, -0.25) is 4.79 Å². The van der Waals surface area contributed by atoms with E-state index in [1.54, 1.807) is 13.1 Å².